The number of benzene rings is 2. The predicted molar refractivity (Wildman–Crippen MR) is 122 cm³/mol. The van der Waals surface area contributed by atoms with Gasteiger partial charge < -0.3 is 10.4 Å². The number of nitrogens with zero attached hydrogens (tertiary/aromatic N) is 3. The van der Waals surface area contributed by atoms with Gasteiger partial charge in [0.2, 0.25) is 10.0 Å². The van der Waals surface area contributed by atoms with Crippen molar-refractivity contribution in [3.05, 3.63) is 65.2 Å². The fourth-order valence-corrected chi connectivity index (χ4v) is 5.60. The Morgan fingerprint density at radius 1 is 1.18 bits per heavy atom. The maximum Gasteiger partial charge on any atom is 0.276 e. The smallest absolute Gasteiger partial charge is 0.276 e. The molecule has 174 valence electrons. The van der Waals surface area contributed by atoms with Crippen molar-refractivity contribution in [1.82, 2.24) is 14.1 Å². The Kier molecular flexibility index (Phi) is 6.22. The van der Waals surface area contributed by atoms with Crippen LogP contribution in [-0.2, 0) is 22.9 Å². The van der Waals surface area contributed by atoms with E-state index in [9.17, 15) is 22.7 Å². The van der Waals surface area contributed by atoms with E-state index in [1.807, 2.05) is 0 Å². The SMILES string of the molecule is CCN(CC)S(=O)(=O)c1ccc(O)c(NC(=O)c2nn(-c3ccccc3F)c3c2CCC3)c1. The third-order valence-electron chi connectivity index (χ3n) is 5.79. The molecular weight excluding hydrogens is 447 g/mol. The van der Waals surface area contributed by atoms with Gasteiger partial charge in [-0.2, -0.15) is 9.40 Å². The van der Waals surface area contributed by atoms with Crippen LogP contribution in [0.2, 0.25) is 0 Å². The van der Waals surface area contributed by atoms with Gasteiger partial charge in [0, 0.05) is 24.3 Å². The second kappa shape index (κ2) is 8.95. The standard InChI is InChI=1S/C23H25FN4O4S/c1-3-27(4-2)33(31,32)15-12-13-21(29)18(14-15)25-23(30)22-16-8-7-11-19(16)28(26-22)20-10-6-5-9-17(20)24/h5-6,9-10,12-14,29H,3-4,7-8,11H2,1-2H3,(H,25,30). The molecule has 1 heterocycles. The van der Waals surface area contributed by atoms with Gasteiger partial charge >= 0.3 is 0 Å². The predicted octanol–water partition coefficient (Wildman–Crippen LogP) is 3.49. The molecule has 0 saturated carbocycles. The summed E-state index contributed by atoms with van der Waals surface area (Å²) in [7, 11) is -3.78. The molecule has 4 rings (SSSR count). The normalized spacial score (nSPS) is 13.3. The summed E-state index contributed by atoms with van der Waals surface area (Å²) in [6.07, 6.45) is 2.09. The highest BCUT2D eigenvalue weighted by atomic mass is 32.2. The number of nitrogens with one attached hydrogen (secondary N) is 1. The van der Waals surface area contributed by atoms with Crippen molar-refractivity contribution < 1.29 is 22.7 Å². The maximum atomic E-state index is 14.4. The fourth-order valence-electron chi connectivity index (χ4n) is 4.11. The van der Waals surface area contributed by atoms with Gasteiger partial charge in [0.05, 0.1) is 10.6 Å². The zero-order valence-electron chi connectivity index (χ0n) is 18.4. The molecule has 1 aliphatic rings. The van der Waals surface area contributed by atoms with E-state index in [1.165, 1.54) is 33.3 Å². The monoisotopic (exact) mass is 472 g/mol. The quantitative estimate of drug-likeness (QED) is 0.512. The van der Waals surface area contributed by atoms with Crippen LogP contribution in [0.1, 0.15) is 42.0 Å². The molecule has 0 unspecified atom stereocenters. The summed E-state index contributed by atoms with van der Waals surface area (Å²) in [6, 6.07) is 9.96. The Labute approximate surface area is 191 Å². The first-order chi connectivity index (χ1) is 15.8. The van der Waals surface area contributed by atoms with Crippen LogP contribution < -0.4 is 5.32 Å². The zero-order valence-corrected chi connectivity index (χ0v) is 19.2. The summed E-state index contributed by atoms with van der Waals surface area (Å²) in [6.45, 7) is 4.05. The molecule has 33 heavy (non-hydrogen) atoms. The number of aromatic hydroxyl groups is 1. The lowest BCUT2D eigenvalue weighted by atomic mass is 10.2. The molecule has 0 spiro atoms. The zero-order chi connectivity index (χ0) is 23.8. The fraction of sp³-hybridized carbons (Fsp3) is 0.304. The Morgan fingerprint density at radius 3 is 2.61 bits per heavy atom. The molecule has 0 radical (unpaired) electrons. The molecule has 0 bridgehead atoms. The average molecular weight is 473 g/mol. The summed E-state index contributed by atoms with van der Waals surface area (Å²) in [5.41, 5.74) is 1.84. The number of hydrogen-bond acceptors (Lipinski definition) is 5. The second-order valence-electron chi connectivity index (χ2n) is 7.71. The third-order valence-corrected chi connectivity index (χ3v) is 7.83. The van der Waals surface area contributed by atoms with E-state index >= 15 is 0 Å². The van der Waals surface area contributed by atoms with Gasteiger partial charge in [-0.1, -0.05) is 26.0 Å². The number of anilines is 1. The van der Waals surface area contributed by atoms with E-state index in [2.05, 4.69) is 10.4 Å². The van der Waals surface area contributed by atoms with Crippen LogP contribution in [0.25, 0.3) is 5.69 Å². The van der Waals surface area contributed by atoms with Gasteiger partial charge in [0.25, 0.3) is 5.91 Å². The van der Waals surface area contributed by atoms with Gasteiger partial charge in [-0.25, -0.2) is 17.5 Å². The highest BCUT2D eigenvalue weighted by molar-refractivity contribution is 7.89. The number of halogens is 1. The highest BCUT2D eigenvalue weighted by Crippen LogP contribution is 2.31. The van der Waals surface area contributed by atoms with Crippen LogP contribution in [0.3, 0.4) is 0 Å². The van der Waals surface area contributed by atoms with Crippen molar-refractivity contribution in [3.8, 4) is 11.4 Å². The van der Waals surface area contributed by atoms with Gasteiger partial charge in [-0.3, -0.25) is 4.79 Å². The van der Waals surface area contributed by atoms with Crippen LogP contribution in [0.15, 0.2) is 47.4 Å². The van der Waals surface area contributed by atoms with E-state index in [0.717, 1.165) is 17.7 Å². The molecule has 1 aliphatic carbocycles. The number of phenols is 1. The van der Waals surface area contributed by atoms with Gasteiger partial charge in [-0.15, -0.1) is 0 Å². The number of sulfonamides is 1. The number of rotatable bonds is 7. The molecular formula is C23H25FN4O4S. The lowest BCUT2D eigenvalue weighted by Crippen LogP contribution is -2.30. The van der Waals surface area contributed by atoms with E-state index < -0.39 is 21.7 Å². The van der Waals surface area contributed by atoms with E-state index in [4.69, 9.17) is 0 Å². The first kappa shape index (κ1) is 22.9. The molecule has 2 aromatic carbocycles. The minimum absolute atomic E-state index is 0.0404. The summed E-state index contributed by atoms with van der Waals surface area (Å²) in [5, 5.41) is 17.2. The number of carbonyl (C=O) groups excluding carboxylic acids is 1. The molecule has 1 aromatic heterocycles. The Bertz CT molecular complexity index is 1320. The molecule has 0 atom stereocenters. The minimum atomic E-state index is -3.78. The topological polar surface area (TPSA) is 105 Å². The molecule has 3 aromatic rings. The Morgan fingerprint density at radius 2 is 1.91 bits per heavy atom. The average Bonchev–Trinajstić information content (AvgIpc) is 3.39. The number of hydrogen-bond donors (Lipinski definition) is 2. The highest BCUT2D eigenvalue weighted by Gasteiger charge is 2.29. The number of carbonyl (C=O) groups is 1. The lowest BCUT2D eigenvalue weighted by molar-refractivity contribution is 0.102. The maximum absolute atomic E-state index is 14.4. The first-order valence-electron chi connectivity index (χ1n) is 10.8. The molecule has 1 amide bonds. The lowest BCUT2D eigenvalue weighted by Gasteiger charge is -2.19. The Balaban J connectivity index is 1.69. The molecule has 2 N–H and O–H groups in total. The van der Waals surface area contributed by atoms with Crippen LogP contribution in [0.5, 0.6) is 5.75 Å². The van der Waals surface area contributed by atoms with Crippen LogP contribution in [0.4, 0.5) is 10.1 Å². The summed E-state index contributed by atoms with van der Waals surface area (Å²) in [5.74, 6) is -1.32. The molecule has 10 heteroatoms. The summed E-state index contributed by atoms with van der Waals surface area (Å²) >= 11 is 0. The molecule has 0 aliphatic heterocycles. The number of aromatic nitrogens is 2. The number of fused-ring (bicyclic) bond motifs is 1. The van der Waals surface area contributed by atoms with Crippen LogP contribution >= 0.6 is 0 Å². The van der Waals surface area contributed by atoms with Crippen molar-refractivity contribution in [2.24, 2.45) is 0 Å². The minimum Gasteiger partial charge on any atom is -0.506 e. The van der Waals surface area contributed by atoms with E-state index in [0.29, 0.717) is 25.9 Å². The molecule has 8 nitrogen and oxygen atoms in total. The summed E-state index contributed by atoms with van der Waals surface area (Å²) < 4.78 is 42.8. The van der Waals surface area contributed by atoms with Crippen molar-refractivity contribution in [2.45, 2.75) is 38.0 Å². The van der Waals surface area contributed by atoms with Gasteiger partial charge in [0.1, 0.15) is 17.3 Å². The third kappa shape index (κ3) is 4.11. The number of phenolic OH excluding ortho intramolecular Hbond substituents is 1. The van der Waals surface area contributed by atoms with Gasteiger partial charge in [-0.05, 0) is 49.6 Å². The first-order valence-corrected chi connectivity index (χ1v) is 12.2. The number of para-hydroxylation sites is 1. The summed E-state index contributed by atoms with van der Waals surface area (Å²) in [4.78, 5) is 13.1. The second-order valence-corrected chi connectivity index (χ2v) is 9.65. The van der Waals surface area contributed by atoms with Crippen LogP contribution in [0, 0.1) is 5.82 Å². The van der Waals surface area contributed by atoms with Crippen molar-refractivity contribution in [2.75, 3.05) is 18.4 Å². The van der Waals surface area contributed by atoms with Gasteiger partial charge in [0.15, 0.2) is 5.69 Å². The van der Waals surface area contributed by atoms with Crippen molar-refractivity contribution >= 4 is 21.6 Å². The van der Waals surface area contributed by atoms with E-state index in [-0.39, 0.29) is 27.7 Å². The number of amides is 1. The largest absolute Gasteiger partial charge is 0.506 e. The van der Waals surface area contributed by atoms with Crippen LogP contribution in [-0.4, -0.2) is 46.6 Å². The van der Waals surface area contributed by atoms with Crippen molar-refractivity contribution in [3.63, 3.8) is 0 Å². The Hall–Kier alpha value is -3.24. The molecule has 0 saturated heterocycles. The van der Waals surface area contributed by atoms with Crippen molar-refractivity contribution in [1.29, 1.82) is 0 Å². The van der Waals surface area contributed by atoms with E-state index in [1.54, 1.807) is 32.0 Å². The molecule has 0 fully saturated rings.